The van der Waals surface area contributed by atoms with Gasteiger partial charge in [-0.1, -0.05) is 0 Å². The lowest BCUT2D eigenvalue weighted by Crippen LogP contribution is -2.60. The average molecular weight is 317 g/mol. The van der Waals surface area contributed by atoms with E-state index in [1.54, 1.807) is 0 Å². The fourth-order valence-electron chi connectivity index (χ4n) is 1.74. The molecule has 0 heterocycles. The minimum Gasteiger partial charge on any atom is -0.369 e. The van der Waals surface area contributed by atoms with E-state index < -0.39 is 22.6 Å². The molecular weight excluding hydrogens is 290 g/mol. The van der Waals surface area contributed by atoms with Crippen LogP contribution in [0.1, 0.15) is 6.92 Å². The van der Waals surface area contributed by atoms with E-state index in [1.165, 1.54) is 6.92 Å². The number of carbonyl (C=O) groups is 3. The second kappa shape index (κ2) is 8.63. The van der Waals surface area contributed by atoms with Crippen molar-refractivity contribution < 1.29 is 14.4 Å². The maximum absolute atomic E-state index is 12.4. The summed E-state index contributed by atoms with van der Waals surface area (Å²) in [5.41, 5.74) is 25.2. The zero-order valence-corrected chi connectivity index (χ0v) is 12.9. The summed E-state index contributed by atoms with van der Waals surface area (Å²) in [6.45, 7) is 0.795. The molecule has 0 aliphatic carbocycles. The predicted molar refractivity (Wildman–Crippen MR) is 82.0 cm³/mol. The molecule has 0 aromatic heterocycles. The van der Waals surface area contributed by atoms with E-state index in [9.17, 15) is 14.4 Å². The van der Waals surface area contributed by atoms with Gasteiger partial charge in [-0.2, -0.15) is 0 Å². The van der Waals surface area contributed by atoms with Gasteiger partial charge in [0.1, 0.15) is 0 Å². The Labute approximate surface area is 129 Å². The summed E-state index contributed by atoms with van der Waals surface area (Å²) >= 11 is 0. The Morgan fingerprint density at radius 1 is 0.818 bits per heavy atom. The van der Waals surface area contributed by atoms with Gasteiger partial charge in [0.25, 0.3) is 0 Å². The molecule has 0 saturated heterocycles. The second-order valence-corrected chi connectivity index (χ2v) is 5.33. The molecule has 0 fully saturated rings. The van der Waals surface area contributed by atoms with Crippen molar-refractivity contribution in [3.8, 4) is 0 Å². The van der Waals surface area contributed by atoms with Gasteiger partial charge in [-0.05, 0) is 0 Å². The first-order chi connectivity index (χ1) is 10.2. The van der Waals surface area contributed by atoms with Crippen LogP contribution in [0.25, 0.3) is 0 Å². The van der Waals surface area contributed by atoms with E-state index in [1.807, 2.05) is 0 Å². The molecule has 10 heteroatoms. The molecule has 22 heavy (non-hydrogen) atoms. The molecule has 0 atom stereocenters. The van der Waals surface area contributed by atoms with Crippen LogP contribution in [-0.4, -0.2) is 57.0 Å². The number of nitrogens with one attached hydrogen (secondary N) is 2. The van der Waals surface area contributed by atoms with Crippen molar-refractivity contribution in [3.63, 3.8) is 0 Å². The summed E-state index contributed by atoms with van der Waals surface area (Å²) in [5.74, 6) is -1.51. The van der Waals surface area contributed by atoms with Crippen molar-refractivity contribution in [2.75, 3.05) is 39.3 Å². The third kappa shape index (κ3) is 4.63. The van der Waals surface area contributed by atoms with Crippen LogP contribution in [0.3, 0.4) is 0 Å². The van der Waals surface area contributed by atoms with Gasteiger partial charge in [-0.3, -0.25) is 14.4 Å². The van der Waals surface area contributed by atoms with E-state index in [4.69, 9.17) is 28.7 Å². The van der Waals surface area contributed by atoms with Crippen LogP contribution in [0.5, 0.6) is 0 Å². The molecule has 10 nitrogen and oxygen atoms in total. The van der Waals surface area contributed by atoms with Crippen molar-refractivity contribution in [2.24, 2.45) is 39.5 Å². The highest BCUT2D eigenvalue weighted by atomic mass is 16.2. The van der Waals surface area contributed by atoms with E-state index in [0.717, 1.165) is 0 Å². The summed E-state index contributed by atoms with van der Waals surface area (Å²) in [7, 11) is 0. The zero-order valence-electron chi connectivity index (χ0n) is 12.9. The molecule has 0 aromatic carbocycles. The van der Waals surface area contributed by atoms with Crippen LogP contribution in [0.2, 0.25) is 0 Å². The van der Waals surface area contributed by atoms with E-state index >= 15 is 0 Å². The van der Waals surface area contributed by atoms with Crippen molar-refractivity contribution in [1.29, 1.82) is 0 Å². The minimum atomic E-state index is -1.24. The first-order valence-electron chi connectivity index (χ1n) is 6.86. The van der Waals surface area contributed by atoms with Crippen molar-refractivity contribution in [1.82, 2.24) is 10.6 Å². The minimum absolute atomic E-state index is 0.0179. The molecular formula is C12H27N7O3. The van der Waals surface area contributed by atoms with Crippen LogP contribution >= 0.6 is 0 Å². The van der Waals surface area contributed by atoms with E-state index in [2.05, 4.69) is 10.6 Å². The van der Waals surface area contributed by atoms with Crippen molar-refractivity contribution >= 4 is 17.7 Å². The molecule has 0 rings (SSSR count). The Kier molecular flexibility index (Phi) is 7.95. The van der Waals surface area contributed by atoms with Gasteiger partial charge in [0, 0.05) is 46.2 Å². The number of hydrogen-bond acceptors (Lipinski definition) is 7. The molecule has 3 amide bonds. The van der Waals surface area contributed by atoms with Crippen LogP contribution in [0.4, 0.5) is 0 Å². The highest BCUT2D eigenvalue weighted by Crippen LogP contribution is 2.16. The lowest BCUT2D eigenvalue weighted by molar-refractivity contribution is -0.132. The summed E-state index contributed by atoms with van der Waals surface area (Å²) in [6, 6.07) is 0. The second-order valence-electron chi connectivity index (χ2n) is 5.33. The SMILES string of the molecule is CC(=O)NCC(CN)(CN)C(=O)NCC(CN)(CN)C(N)=O. The summed E-state index contributed by atoms with van der Waals surface area (Å²) < 4.78 is 0. The van der Waals surface area contributed by atoms with Crippen LogP contribution in [-0.2, 0) is 14.4 Å². The lowest BCUT2D eigenvalue weighted by atomic mass is 9.84. The summed E-state index contributed by atoms with van der Waals surface area (Å²) in [4.78, 5) is 34.9. The Morgan fingerprint density at radius 3 is 1.55 bits per heavy atom. The van der Waals surface area contributed by atoms with E-state index in [-0.39, 0.29) is 45.2 Å². The molecule has 0 aliphatic rings. The van der Waals surface area contributed by atoms with Gasteiger partial charge in [0.15, 0.2) is 0 Å². The maximum Gasteiger partial charge on any atom is 0.230 e. The molecule has 128 valence electrons. The quantitative estimate of drug-likeness (QED) is 0.210. The Morgan fingerprint density at radius 2 is 1.23 bits per heavy atom. The smallest absolute Gasteiger partial charge is 0.230 e. The van der Waals surface area contributed by atoms with Gasteiger partial charge in [-0.25, -0.2) is 0 Å². The largest absolute Gasteiger partial charge is 0.369 e. The summed E-state index contributed by atoms with van der Waals surface area (Å²) in [5, 5.41) is 5.08. The molecule has 0 saturated carbocycles. The molecule has 12 N–H and O–H groups in total. The van der Waals surface area contributed by atoms with Crippen LogP contribution in [0, 0.1) is 10.8 Å². The predicted octanol–water partition coefficient (Wildman–Crippen LogP) is -4.47. The number of nitrogens with two attached hydrogens (primary N) is 5. The third-order valence-corrected chi connectivity index (χ3v) is 3.83. The van der Waals surface area contributed by atoms with Crippen molar-refractivity contribution in [3.05, 3.63) is 0 Å². The lowest BCUT2D eigenvalue weighted by Gasteiger charge is -2.33. The fourth-order valence-corrected chi connectivity index (χ4v) is 1.74. The number of rotatable bonds is 10. The first kappa shape index (κ1) is 20.2. The molecule has 0 aliphatic heterocycles. The molecule has 0 aromatic rings. The van der Waals surface area contributed by atoms with Gasteiger partial charge in [0.2, 0.25) is 17.7 Å². The van der Waals surface area contributed by atoms with Crippen LogP contribution < -0.4 is 39.3 Å². The average Bonchev–Trinajstić information content (AvgIpc) is 2.49. The molecule has 0 bridgehead atoms. The normalized spacial score (nSPS) is 11.9. The number of primary amides is 1. The van der Waals surface area contributed by atoms with E-state index in [0.29, 0.717) is 0 Å². The monoisotopic (exact) mass is 317 g/mol. The topological polar surface area (TPSA) is 205 Å². The van der Waals surface area contributed by atoms with Gasteiger partial charge in [0.05, 0.1) is 10.8 Å². The molecule has 0 unspecified atom stereocenters. The Bertz CT molecular complexity index is 406. The summed E-state index contributed by atoms with van der Waals surface area (Å²) in [6.07, 6.45) is 0. The van der Waals surface area contributed by atoms with Crippen molar-refractivity contribution in [2.45, 2.75) is 6.92 Å². The number of carbonyl (C=O) groups excluding carboxylic acids is 3. The van der Waals surface area contributed by atoms with Gasteiger partial charge in [-0.15, -0.1) is 0 Å². The molecule has 0 spiro atoms. The zero-order chi connectivity index (χ0) is 17.4. The number of hydrogen-bond donors (Lipinski definition) is 7. The number of amides is 3. The molecule has 0 radical (unpaired) electrons. The maximum atomic E-state index is 12.4. The van der Waals surface area contributed by atoms with Gasteiger partial charge < -0.3 is 39.3 Å². The highest BCUT2D eigenvalue weighted by molar-refractivity contribution is 5.86. The Balaban J connectivity index is 5.04. The standard InChI is InChI=1S/C12H27N7O3/c1-8(20)18-7-12(4-15,5-16)10(22)19-6-11(2-13,3-14)9(17)21/h2-7,13-16H2,1H3,(H2,17,21)(H,18,20)(H,19,22). The third-order valence-electron chi connectivity index (χ3n) is 3.83. The van der Waals surface area contributed by atoms with Gasteiger partial charge >= 0.3 is 0 Å². The van der Waals surface area contributed by atoms with Crippen LogP contribution in [0.15, 0.2) is 0 Å². The first-order valence-corrected chi connectivity index (χ1v) is 6.86. The highest BCUT2D eigenvalue weighted by Gasteiger charge is 2.39. The fraction of sp³-hybridized carbons (Fsp3) is 0.750. The Hall–Kier alpha value is -1.75.